The summed E-state index contributed by atoms with van der Waals surface area (Å²) < 4.78 is 6.19. The van der Waals surface area contributed by atoms with Crippen LogP contribution in [0.25, 0.3) is 0 Å². The molecular weight excluding hydrogens is 376 g/mol. The third-order valence-electron chi connectivity index (χ3n) is 10.8. The van der Waals surface area contributed by atoms with Crippen LogP contribution >= 0.6 is 0 Å². The fourth-order valence-corrected chi connectivity index (χ4v) is 9.08. The van der Waals surface area contributed by atoms with E-state index in [1.54, 1.807) is 5.57 Å². The molecule has 3 fully saturated rings. The maximum atomic E-state index is 6.19. The van der Waals surface area contributed by atoms with Gasteiger partial charge in [-0.15, -0.1) is 0 Å². The van der Waals surface area contributed by atoms with Crippen molar-refractivity contribution in [2.45, 2.75) is 125 Å². The predicted octanol–water partition coefficient (Wildman–Crippen LogP) is 8.82. The molecule has 1 nitrogen and oxygen atoms in total. The van der Waals surface area contributed by atoms with Gasteiger partial charge in [0.1, 0.15) is 0 Å². The Morgan fingerprint density at radius 1 is 1.00 bits per heavy atom. The van der Waals surface area contributed by atoms with Gasteiger partial charge in [0.05, 0.1) is 6.10 Å². The molecule has 8 atom stereocenters. The molecule has 0 aromatic carbocycles. The van der Waals surface area contributed by atoms with Gasteiger partial charge in [0.25, 0.3) is 0 Å². The number of fused-ring (bicyclic) bond motifs is 5. The van der Waals surface area contributed by atoms with Crippen LogP contribution in [-0.4, -0.2) is 12.7 Å². The molecule has 1 heteroatoms. The minimum Gasteiger partial charge on any atom is -0.378 e. The van der Waals surface area contributed by atoms with E-state index >= 15 is 0 Å². The number of allylic oxidation sites excluding steroid dienone is 1. The Bertz CT molecular complexity index is 634. The summed E-state index contributed by atoms with van der Waals surface area (Å²) in [6, 6.07) is 0. The molecule has 4 aliphatic carbocycles. The van der Waals surface area contributed by atoms with Gasteiger partial charge in [-0.25, -0.2) is 0 Å². The molecule has 0 aromatic rings. The van der Waals surface area contributed by atoms with Gasteiger partial charge in [0, 0.05) is 6.61 Å². The highest BCUT2D eigenvalue weighted by Gasteiger charge is 2.59. The van der Waals surface area contributed by atoms with Gasteiger partial charge in [-0.05, 0) is 104 Å². The second-order valence-corrected chi connectivity index (χ2v) is 13.0. The molecule has 0 radical (unpaired) electrons. The molecule has 0 bridgehead atoms. The van der Waals surface area contributed by atoms with Crippen molar-refractivity contribution >= 4 is 0 Å². The second kappa shape index (κ2) is 9.52. The molecule has 31 heavy (non-hydrogen) atoms. The fraction of sp³-hybridized carbons (Fsp3) is 0.933. The lowest BCUT2D eigenvalue weighted by molar-refractivity contribution is -0.0638. The highest BCUT2D eigenvalue weighted by Crippen LogP contribution is 2.67. The van der Waals surface area contributed by atoms with E-state index in [1.807, 2.05) is 0 Å². The largest absolute Gasteiger partial charge is 0.378 e. The summed E-state index contributed by atoms with van der Waals surface area (Å²) in [5.74, 6) is 5.62. The normalized spacial score (nSPS) is 43.2. The van der Waals surface area contributed by atoms with Gasteiger partial charge in [-0.2, -0.15) is 0 Å². The van der Waals surface area contributed by atoms with Crippen LogP contribution in [0.15, 0.2) is 11.6 Å². The van der Waals surface area contributed by atoms with E-state index in [0.717, 1.165) is 48.5 Å². The number of ether oxygens (including phenoxy) is 1. The Morgan fingerprint density at radius 3 is 2.55 bits per heavy atom. The van der Waals surface area contributed by atoms with Crippen LogP contribution in [0.5, 0.6) is 0 Å². The Labute approximate surface area is 194 Å². The summed E-state index contributed by atoms with van der Waals surface area (Å²) in [4.78, 5) is 0. The smallest absolute Gasteiger partial charge is 0.0612 e. The second-order valence-electron chi connectivity index (χ2n) is 13.0. The van der Waals surface area contributed by atoms with Crippen LogP contribution in [0.4, 0.5) is 0 Å². The zero-order valence-electron chi connectivity index (χ0n) is 21.7. The van der Waals surface area contributed by atoms with Crippen LogP contribution in [0.2, 0.25) is 0 Å². The molecular formula is C30H52O. The first-order valence-electron chi connectivity index (χ1n) is 14.1. The van der Waals surface area contributed by atoms with E-state index in [1.165, 1.54) is 70.6 Å². The van der Waals surface area contributed by atoms with Gasteiger partial charge >= 0.3 is 0 Å². The fourth-order valence-electron chi connectivity index (χ4n) is 9.08. The van der Waals surface area contributed by atoms with Gasteiger partial charge in [-0.1, -0.05) is 72.5 Å². The molecule has 0 aromatic heterocycles. The summed E-state index contributed by atoms with van der Waals surface area (Å²) in [5, 5.41) is 0. The SMILES string of the molecule is CCCO[C@H]1CC[C@@]2(C)C(=CC[C@@H]3[C@H]4CC[C@@H]([C@H](C)CCCC(C)C)[C@]4(C)CC[C@H]32)C1. The molecule has 0 N–H and O–H groups in total. The van der Waals surface area contributed by atoms with Gasteiger partial charge in [0.15, 0.2) is 0 Å². The van der Waals surface area contributed by atoms with E-state index in [0.29, 0.717) is 16.9 Å². The van der Waals surface area contributed by atoms with Crippen LogP contribution in [0.1, 0.15) is 119 Å². The van der Waals surface area contributed by atoms with Crippen molar-refractivity contribution in [2.24, 2.45) is 46.3 Å². The molecule has 0 heterocycles. The molecule has 178 valence electrons. The standard InChI is InChI=1S/C30H52O/c1-7-19-31-24-15-17-29(5)23(20-24)11-12-25-27-14-13-26(22(4)10-8-9-21(2)3)30(27,6)18-16-28(25)29/h11,21-22,24-28H,7-10,12-20H2,1-6H3/t22-,24+,25-,26+,27-,28-,29+,30+/m1/s1. The highest BCUT2D eigenvalue weighted by molar-refractivity contribution is 5.25. The number of hydrogen-bond acceptors (Lipinski definition) is 1. The van der Waals surface area contributed by atoms with Crippen LogP contribution in [0.3, 0.4) is 0 Å². The van der Waals surface area contributed by atoms with E-state index < -0.39 is 0 Å². The average Bonchev–Trinajstić information content (AvgIpc) is 3.09. The first kappa shape index (κ1) is 23.8. The maximum Gasteiger partial charge on any atom is 0.0612 e. The summed E-state index contributed by atoms with van der Waals surface area (Å²) in [6.45, 7) is 15.9. The van der Waals surface area contributed by atoms with Crippen molar-refractivity contribution in [3.8, 4) is 0 Å². The predicted molar refractivity (Wildman–Crippen MR) is 133 cm³/mol. The van der Waals surface area contributed by atoms with Crippen molar-refractivity contribution in [3.63, 3.8) is 0 Å². The van der Waals surface area contributed by atoms with Crippen molar-refractivity contribution in [3.05, 3.63) is 11.6 Å². The third kappa shape index (κ3) is 4.43. The van der Waals surface area contributed by atoms with Gasteiger partial charge in [-0.3, -0.25) is 0 Å². The zero-order chi connectivity index (χ0) is 22.2. The Kier molecular flexibility index (Phi) is 7.32. The third-order valence-corrected chi connectivity index (χ3v) is 10.8. The quantitative estimate of drug-likeness (QED) is 0.351. The highest BCUT2D eigenvalue weighted by atomic mass is 16.5. The first-order valence-corrected chi connectivity index (χ1v) is 14.1. The van der Waals surface area contributed by atoms with E-state index in [4.69, 9.17) is 4.74 Å². The summed E-state index contributed by atoms with van der Waals surface area (Å²) in [6.07, 6.45) is 19.9. The molecule has 3 saturated carbocycles. The van der Waals surface area contributed by atoms with Crippen LogP contribution < -0.4 is 0 Å². The van der Waals surface area contributed by atoms with Crippen molar-refractivity contribution < 1.29 is 4.74 Å². The summed E-state index contributed by atoms with van der Waals surface area (Å²) in [5.41, 5.74) is 2.86. The van der Waals surface area contributed by atoms with Gasteiger partial charge < -0.3 is 4.74 Å². The lowest BCUT2D eigenvalue weighted by atomic mass is 9.47. The van der Waals surface area contributed by atoms with E-state index in [9.17, 15) is 0 Å². The molecule has 4 rings (SSSR count). The monoisotopic (exact) mass is 428 g/mol. The van der Waals surface area contributed by atoms with E-state index in [2.05, 4.69) is 47.6 Å². The number of rotatable bonds is 8. The van der Waals surface area contributed by atoms with E-state index in [-0.39, 0.29) is 0 Å². The zero-order valence-corrected chi connectivity index (χ0v) is 21.7. The summed E-state index contributed by atoms with van der Waals surface area (Å²) >= 11 is 0. The minimum absolute atomic E-state index is 0.470. The average molecular weight is 429 g/mol. The lowest BCUT2D eigenvalue weighted by Gasteiger charge is -2.58. The van der Waals surface area contributed by atoms with Gasteiger partial charge in [0.2, 0.25) is 0 Å². The Morgan fingerprint density at radius 2 is 1.81 bits per heavy atom. The molecule has 0 spiro atoms. The minimum atomic E-state index is 0.470. The van der Waals surface area contributed by atoms with Crippen molar-refractivity contribution in [1.82, 2.24) is 0 Å². The topological polar surface area (TPSA) is 9.23 Å². The Hall–Kier alpha value is -0.300. The van der Waals surface area contributed by atoms with Crippen molar-refractivity contribution in [1.29, 1.82) is 0 Å². The van der Waals surface area contributed by atoms with Crippen LogP contribution in [-0.2, 0) is 4.74 Å². The molecule has 0 amide bonds. The maximum absolute atomic E-state index is 6.19. The lowest BCUT2D eigenvalue weighted by Crippen LogP contribution is -2.51. The van der Waals surface area contributed by atoms with Crippen LogP contribution in [0, 0.1) is 46.3 Å². The summed E-state index contributed by atoms with van der Waals surface area (Å²) in [7, 11) is 0. The molecule has 4 aliphatic rings. The molecule has 0 aliphatic heterocycles. The Balaban J connectivity index is 1.45. The molecule has 0 saturated heterocycles. The molecule has 0 unspecified atom stereocenters. The number of hydrogen-bond donors (Lipinski definition) is 0. The first-order chi connectivity index (χ1) is 14.8. The van der Waals surface area contributed by atoms with Crippen molar-refractivity contribution in [2.75, 3.05) is 6.61 Å².